The Bertz CT molecular complexity index is 571. The van der Waals surface area contributed by atoms with E-state index in [0.717, 1.165) is 43.0 Å². The summed E-state index contributed by atoms with van der Waals surface area (Å²) in [5.74, 6) is 1.40. The van der Waals surface area contributed by atoms with Crippen LogP contribution in [0.25, 0.3) is 0 Å². The minimum Gasteiger partial charge on any atom is -0.376 e. The Labute approximate surface area is 143 Å². The molecule has 0 aromatic carbocycles. The zero-order valence-corrected chi connectivity index (χ0v) is 14.7. The van der Waals surface area contributed by atoms with Gasteiger partial charge in [-0.2, -0.15) is 0 Å². The topological polar surface area (TPSA) is 64.6 Å². The van der Waals surface area contributed by atoms with Gasteiger partial charge in [-0.05, 0) is 25.2 Å². The standard InChI is InChI=1S/C18H27N3O3/c1-13(2)7-17-19-8-14-9-21(10-16(14)20-17)18(22)12-23-11-15-5-3-4-6-24-15/h8,13,15H,3-7,9-12H2,1-2H3/t15-/m0/s1. The van der Waals surface area contributed by atoms with Crippen molar-refractivity contribution in [3.8, 4) is 0 Å². The summed E-state index contributed by atoms with van der Waals surface area (Å²) in [4.78, 5) is 23.1. The highest BCUT2D eigenvalue weighted by atomic mass is 16.5. The van der Waals surface area contributed by atoms with Crippen molar-refractivity contribution in [2.24, 2.45) is 5.92 Å². The summed E-state index contributed by atoms with van der Waals surface area (Å²) in [6, 6.07) is 0. The fraction of sp³-hybridized carbons (Fsp3) is 0.722. The number of carbonyl (C=O) groups excluding carboxylic acids is 1. The zero-order valence-electron chi connectivity index (χ0n) is 14.7. The Morgan fingerprint density at radius 1 is 1.42 bits per heavy atom. The van der Waals surface area contributed by atoms with E-state index >= 15 is 0 Å². The zero-order chi connectivity index (χ0) is 16.9. The lowest BCUT2D eigenvalue weighted by atomic mass is 10.1. The first kappa shape index (κ1) is 17.3. The van der Waals surface area contributed by atoms with E-state index in [2.05, 4.69) is 23.8 Å². The van der Waals surface area contributed by atoms with Crippen LogP contribution in [0.2, 0.25) is 0 Å². The molecule has 0 saturated carbocycles. The third kappa shape index (κ3) is 4.51. The molecule has 132 valence electrons. The van der Waals surface area contributed by atoms with Gasteiger partial charge >= 0.3 is 0 Å². The maximum Gasteiger partial charge on any atom is 0.249 e. The Kier molecular flexibility index (Phi) is 5.79. The van der Waals surface area contributed by atoms with Crippen LogP contribution < -0.4 is 0 Å². The molecule has 3 heterocycles. The molecule has 1 atom stereocenters. The van der Waals surface area contributed by atoms with E-state index in [0.29, 0.717) is 25.6 Å². The van der Waals surface area contributed by atoms with Crippen LogP contribution in [0.1, 0.15) is 50.2 Å². The highest BCUT2D eigenvalue weighted by molar-refractivity contribution is 5.78. The largest absolute Gasteiger partial charge is 0.376 e. The quantitative estimate of drug-likeness (QED) is 0.798. The van der Waals surface area contributed by atoms with Gasteiger partial charge in [-0.15, -0.1) is 0 Å². The predicted molar refractivity (Wildman–Crippen MR) is 89.2 cm³/mol. The molecule has 3 rings (SSSR count). The van der Waals surface area contributed by atoms with Crippen LogP contribution in [0.3, 0.4) is 0 Å². The predicted octanol–water partition coefficient (Wildman–Crippen LogP) is 2.10. The number of amides is 1. The van der Waals surface area contributed by atoms with Gasteiger partial charge in [0.1, 0.15) is 12.4 Å². The molecule has 0 unspecified atom stereocenters. The maximum atomic E-state index is 12.3. The lowest BCUT2D eigenvalue weighted by Gasteiger charge is -2.22. The molecule has 0 spiro atoms. The molecule has 1 amide bonds. The van der Waals surface area contributed by atoms with Crippen molar-refractivity contribution in [3.63, 3.8) is 0 Å². The lowest BCUT2D eigenvalue weighted by molar-refractivity contribution is -0.138. The Morgan fingerprint density at radius 2 is 2.29 bits per heavy atom. The summed E-state index contributed by atoms with van der Waals surface area (Å²) in [5.41, 5.74) is 2.02. The first-order valence-corrected chi connectivity index (χ1v) is 8.92. The highest BCUT2D eigenvalue weighted by Crippen LogP contribution is 2.21. The molecule has 0 N–H and O–H groups in total. The SMILES string of the molecule is CC(C)Cc1ncc2c(n1)CN(C(=O)COC[C@@H]1CCCCO1)C2. The van der Waals surface area contributed by atoms with Gasteiger partial charge < -0.3 is 14.4 Å². The van der Waals surface area contributed by atoms with Crippen molar-refractivity contribution in [1.82, 2.24) is 14.9 Å². The van der Waals surface area contributed by atoms with E-state index in [1.165, 1.54) is 6.42 Å². The van der Waals surface area contributed by atoms with Crippen molar-refractivity contribution in [2.45, 2.75) is 58.7 Å². The molecule has 0 aliphatic carbocycles. The molecule has 1 aromatic rings. The van der Waals surface area contributed by atoms with Gasteiger partial charge in [-0.1, -0.05) is 13.8 Å². The number of hydrogen-bond acceptors (Lipinski definition) is 5. The number of rotatable bonds is 6. The molecule has 1 saturated heterocycles. The van der Waals surface area contributed by atoms with E-state index in [-0.39, 0.29) is 18.6 Å². The van der Waals surface area contributed by atoms with Crippen LogP contribution in [-0.4, -0.2) is 46.7 Å². The van der Waals surface area contributed by atoms with Crippen LogP contribution in [0.4, 0.5) is 0 Å². The summed E-state index contributed by atoms with van der Waals surface area (Å²) < 4.78 is 11.2. The summed E-state index contributed by atoms with van der Waals surface area (Å²) in [6.45, 7) is 6.87. The molecule has 6 nitrogen and oxygen atoms in total. The second-order valence-corrected chi connectivity index (χ2v) is 7.11. The fourth-order valence-corrected chi connectivity index (χ4v) is 3.14. The summed E-state index contributed by atoms with van der Waals surface area (Å²) in [6.07, 6.45) is 6.21. The van der Waals surface area contributed by atoms with E-state index in [1.807, 2.05) is 6.20 Å². The first-order chi connectivity index (χ1) is 11.6. The molecular weight excluding hydrogens is 306 g/mol. The third-order valence-corrected chi connectivity index (χ3v) is 4.45. The number of aromatic nitrogens is 2. The number of hydrogen-bond donors (Lipinski definition) is 0. The molecular formula is C18H27N3O3. The number of ether oxygens (including phenoxy) is 2. The van der Waals surface area contributed by atoms with Gasteiger partial charge in [-0.25, -0.2) is 9.97 Å². The third-order valence-electron chi connectivity index (χ3n) is 4.45. The van der Waals surface area contributed by atoms with E-state index in [4.69, 9.17) is 9.47 Å². The number of fused-ring (bicyclic) bond motifs is 1. The molecule has 2 aliphatic heterocycles. The minimum atomic E-state index is 0.00854. The molecule has 6 heteroatoms. The van der Waals surface area contributed by atoms with Gasteiger partial charge in [0.2, 0.25) is 5.91 Å². The van der Waals surface area contributed by atoms with Crippen molar-refractivity contribution in [3.05, 3.63) is 23.3 Å². The maximum absolute atomic E-state index is 12.3. The van der Waals surface area contributed by atoms with E-state index in [9.17, 15) is 4.79 Å². The van der Waals surface area contributed by atoms with Crippen molar-refractivity contribution in [1.29, 1.82) is 0 Å². The number of carbonyl (C=O) groups is 1. The second kappa shape index (κ2) is 8.03. The molecule has 1 fully saturated rings. The lowest BCUT2D eigenvalue weighted by Crippen LogP contribution is -2.31. The van der Waals surface area contributed by atoms with Gasteiger partial charge in [0.25, 0.3) is 0 Å². The van der Waals surface area contributed by atoms with Crippen molar-refractivity contribution >= 4 is 5.91 Å². The summed E-state index contributed by atoms with van der Waals surface area (Å²) in [5, 5.41) is 0. The van der Waals surface area contributed by atoms with Gasteiger partial charge in [-0.3, -0.25) is 4.79 Å². The summed E-state index contributed by atoms with van der Waals surface area (Å²) >= 11 is 0. The van der Waals surface area contributed by atoms with Crippen molar-refractivity contribution in [2.75, 3.05) is 19.8 Å². The second-order valence-electron chi connectivity index (χ2n) is 7.11. The fourth-order valence-electron chi connectivity index (χ4n) is 3.14. The monoisotopic (exact) mass is 333 g/mol. The van der Waals surface area contributed by atoms with E-state index < -0.39 is 0 Å². The van der Waals surface area contributed by atoms with E-state index in [1.54, 1.807) is 4.90 Å². The average molecular weight is 333 g/mol. The molecule has 24 heavy (non-hydrogen) atoms. The Hall–Kier alpha value is -1.53. The smallest absolute Gasteiger partial charge is 0.249 e. The van der Waals surface area contributed by atoms with Crippen LogP contribution in [0.5, 0.6) is 0 Å². The Balaban J connectivity index is 1.46. The molecule has 0 bridgehead atoms. The van der Waals surface area contributed by atoms with Gasteiger partial charge in [0.05, 0.1) is 24.9 Å². The van der Waals surface area contributed by atoms with Gasteiger partial charge in [0.15, 0.2) is 0 Å². The first-order valence-electron chi connectivity index (χ1n) is 8.92. The average Bonchev–Trinajstić information content (AvgIpc) is 2.98. The molecule has 2 aliphatic rings. The molecule has 1 aromatic heterocycles. The Morgan fingerprint density at radius 3 is 3.04 bits per heavy atom. The van der Waals surface area contributed by atoms with Crippen LogP contribution in [-0.2, 0) is 33.8 Å². The summed E-state index contributed by atoms with van der Waals surface area (Å²) in [7, 11) is 0. The normalized spacial score (nSPS) is 20.5. The van der Waals surface area contributed by atoms with Crippen molar-refractivity contribution < 1.29 is 14.3 Å². The van der Waals surface area contributed by atoms with Crippen LogP contribution in [0, 0.1) is 5.92 Å². The molecule has 0 radical (unpaired) electrons. The number of nitrogens with zero attached hydrogens (tertiary/aromatic N) is 3. The van der Waals surface area contributed by atoms with Gasteiger partial charge in [0, 0.05) is 31.3 Å². The highest BCUT2D eigenvalue weighted by Gasteiger charge is 2.25. The van der Waals surface area contributed by atoms with Crippen LogP contribution >= 0.6 is 0 Å². The minimum absolute atomic E-state index is 0.00854. The van der Waals surface area contributed by atoms with Crippen LogP contribution in [0.15, 0.2) is 6.20 Å².